The predicted molar refractivity (Wildman–Crippen MR) is 85.1 cm³/mol. The minimum Gasteiger partial charge on any atom is -0.387 e. The van der Waals surface area contributed by atoms with Crippen molar-refractivity contribution in [1.29, 1.82) is 0 Å². The summed E-state index contributed by atoms with van der Waals surface area (Å²) in [5.41, 5.74) is 5.26. The maximum Gasteiger partial charge on any atom is 0.150 e. The molecule has 1 atom stereocenters. The quantitative estimate of drug-likeness (QED) is 0.844. The van der Waals surface area contributed by atoms with E-state index in [0.29, 0.717) is 6.04 Å². The lowest BCUT2D eigenvalue weighted by Crippen LogP contribution is -2.35. The van der Waals surface area contributed by atoms with Gasteiger partial charge in [-0.15, -0.1) is 0 Å². The molecule has 1 unspecified atom stereocenters. The van der Waals surface area contributed by atoms with Crippen LogP contribution in [0.2, 0.25) is 0 Å². The van der Waals surface area contributed by atoms with Gasteiger partial charge in [-0.1, -0.05) is 6.08 Å². The van der Waals surface area contributed by atoms with Gasteiger partial charge in [0.1, 0.15) is 6.29 Å². The summed E-state index contributed by atoms with van der Waals surface area (Å²) in [6.45, 7) is 7.83. The molecule has 112 valence electrons. The number of likely N-dealkylation sites (N-methyl/N-ethyl adjacent to an activating group) is 1. The Balaban J connectivity index is 2.16. The number of hydrogen-bond donors (Lipinski definition) is 1. The first-order chi connectivity index (χ1) is 10.0. The summed E-state index contributed by atoms with van der Waals surface area (Å²) >= 11 is 0. The lowest BCUT2D eigenvalue weighted by atomic mass is 10.0. The summed E-state index contributed by atoms with van der Waals surface area (Å²) in [4.78, 5) is 17.8. The fraction of sp³-hybridized carbons (Fsp3) is 0.412. The highest BCUT2D eigenvalue weighted by Crippen LogP contribution is 2.18. The molecule has 2 heterocycles. The minimum atomic E-state index is 0.306. The van der Waals surface area contributed by atoms with Crippen LogP contribution in [0.3, 0.4) is 0 Å². The second kappa shape index (κ2) is 6.68. The van der Waals surface area contributed by atoms with Crippen LogP contribution in [0.5, 0.6) is 0 Å². The Morgan fingerprint density at radius 2 is 2.24 bits per heavy atom. The molecule has 4 nitrogen and oxygen atoms in total. The molecule has 1 aliphatic rings. The zero-order chi connectivity index (χ0) is 15.4. The van der Waals surface area contributed by atoms with Gasteiger partial charge in [-0.3, -0.25) is 14.7 Å². The standard InChI is InChI=1S/C17H23N3O/c1-12-7-16(9-18-8-12)14(3)20(4)10-17-13(2)19-6-5-15(17)11-21/h5-8,11,14,18H,9-10H2,1-4H3. The molecule has 0 spiro atoms. The third kappa shape index (κ3) is 3.58. The van der Waals surface area contributed by atoms with Crippen molar-refractivity contribution in [2.24, 2.45) is 0 Å². The third-order valence-corrected chi connectivity index (χ3v) is 4.09. The summed E-state index contributed by atoms with van der Waals surface area (Å²) in [7, 11) is 2.08. The normalized spacial score (nSPS) is 16.0. The summed E-state index contributed by atoms with van der Waals surface area (Å²) in [6.07, 6.45) is 6.87. The average Bonchev–Trinajstić information content (AvgIpc) is 2.48. The van der Waals surface area contributed by atoms with Crippen molar-refractivity contribution in [2.45, 2.75) is 33.4 Å². The van der Waals surface area contributed by atoms with Crippen LogP contribution in [0.4, 0.5) is 0 Å². The molecule has 0 radical (unpaired) electrons. The van der Waals surface area contributed by atoms with Crippen LogP contribution in [0.1, 0.15) is 35.5 Å². The SMILES string of the molecule is CC1=CNCC(C(C)N(C)Cc2c(C=O)ccnc2C)=C1. The first kappa shape index (κ1) is 15.4. The van der Waals surface area contributed by atoms with E-state index >= 15 is 0 Å². The molecule has 0 aliphatic carbocycles. The van der Waals surface area contributed by atoms with Gasteiger partial charge in [0.05, 0.1) is 0 Å². The predicted octanol–water partition coefficient (Wildman–Crippen LogP) is 2.46. The second-order valence-corrected chi connectivity index (χ2v) is 5.66. The molecule has 2 rings (SSSR count). The topological polar surface area (TPSA) is 45.2 Å². The van der Waals surface area contributed by atoms with Crippen molar-refractivity contribution >= 4 is 6.29 Å². The van der Waals surface area contributed by atoms with E-state index in [2.05, 4.69) is 42.2 Å². The monoisotopic (exact) mass is 285 g/mol. The number of nitrogens with one attached hydrogen (secondary N) is 1. The minimum absolute atomic E-state index is 0.306. The van der Waals surface area contributed by atoms with Crippen LogP contribution >= 0.6 is 0 Å². The number of pyridine rings is 1. The zero-order valence-corrected chi connectivity index (χ0v) is 13.2. The van der Waals surface area contributed by atoms with Crippen LogP contribution in [-0.2, 0) is 6.54 Å². The van der Waals surface area contributed by atoms with Crippen LogP contribution < -0.4 is 5.32 Å². The first-order valence-corrected chi connectivity index (χ1v) is 7.23. The van der Waals surface area contributed by atoms with E-state index in [1.165, 1.54) is 11.1 Å². The maximum atomic E-state index is 11.2. The molecule has 0 saturated carbocycles. The molecule has 0 amide bonds. The highest BCUT2D eigenvalue weighted by atomic mass is 16.1. The Morgan fingerprint density at radius 1 is 1.48 bits per heavy atom. The van der Waals surface area contributed by atoms with E-state index in [-0.39, 0.29) is 0 Å². The molecular formula is C17H23N3O. The molecule has 4 heteroatoms. The van der Waals surface area contributed by atoms with E-state index in [0.717, 1.165) is 36.2 Å². The fourth-order valence-electron chi connectivity index (χ4n) is 2.59. The van der Waals surface area contributed by atoms with Gasteiger partial charge in [0.2, 0.25) is 0 Å². The molecular weight excluding hydrogens is 262 g/mol. The van der Waals surface area contributed by atoms with Crippen LogP contribution in [-0.4, -0.2) is 35.8 Å². The number of allylic oxidation sites excluding steroid dienone is 2. The van der Waals surface area contributed by atoms with Gasteiger partial charge < -0.3 is 5.32 Å². The largest absolute Gasteiger partial charge is 0.387 e. The number of dihydropyridines is 1. The van der Waals surface area contributed by atoms with E-state index in [4.69, 9.17) is 0 Å². The first-order valence-electron chi connectivity index (χ1n) is 7.23. The van der Waals surface area contributed by atoms with E-state index in [1.807, 2.05) is 13.1 Å². The van der Waals surface area contributed by atoms with Crippen molar-refractivity contribution in [3.05, 3.63) is 52.5 Å². The highest BCUT2D eigenvalue weighted by molar-refractivity contribution is 5.77. The van der Waals surface area contributed by atoms with E-state index in [1.54, 1.807) is 12.3 Å². The smallest absolute Gasteiger partial charge is 0.150 e. The number of carbonyl (C=O) groups excluding carboxylic acids is 1. The zero-order valence-electron chi connectivity index (χ0n) is 13.2. The van der Waals surface area contributed by atoms with E-state index in [9.17, 15) is 4.79 Å². The Bertz CT molecular complexity index is 590. The summed E-state index contributed by atoms with van der Waals surface area (Å²) < 4.78 is 0. The van der Waals surface area contributed by atoms with Gasteiger partial charge in [0.25, 0.3) is 0 Å². The molecule has 1 aromatic heterocycles. The Hall–Kier alpha value is -1.94. The summed E-state index contributed by atoms with van der Waals surface area (Å²) in [5, 5.41) is 3.29. The number of aromatic nitrogens is 1. The number of carbonyl (C=O) groups is 1. The summed E-state index contributed by atoms with van der Waals surface area (Å²) in [6, 6.07) is 2.09. The highest BCUT2D eigenvalue weighted by Gasteiger charge is 2.18. The lowest BCUT2D eigenvalue weighted by Gasteiger charge is -2.29. The maximum absolute atomic E-state index is 11.2. The second-order valence-electron chi connectivity index (χ2n) is 5.66. The molecule has 1 N–H and O–H groups in total. The van der Waals surface area contributed by atoms with Crippen molar-refractivity contribution in [1.82, 2.24) is 15.2 Å². The Morgan fingerprint density at radius 3 is 2.90 bits per heavy atom. The molecule has 21 heavy (non-hydrogen) atoms. The van der Waals surface area contributed by atoms with Gasteiger partial charge >= 0.3 is 0 Å². The molecule has 0 saturated heterocycles. The van der Waals surface area contributed by atoms with Crippen LogP contribution in [0.15, 0.2) is 35.7 Å². The van der Waals surface area contributed by atoms with E-state index < -0.39 is 0 Å². The summed E-state index contributed by atoms with van der Waals surface area (Å²) in [5.74, 6) is 0. The van der Waals surface area contributed by atoms with Crippen LogP contribution in [0, 0.1) is 6.92 Å². The fourth-order valence-corrected chi connectivity index (χ4v) is 2.59. The average molecular weight is 285 g/mol. The number of aryl methyl sites for hydroxylation is 1. The Labute approximate surface area is 126 Å². The van der Waals surface area contributed by atoms with Gasteiger partial charge in [-0.05, 0) is 56.8 Å². The lowest BCUT2D eigenvalue weighted by molar-refractivity contribution is 0.112. The number of nitrogens with zero attached hydrogens (tertiary/aromatic N) is 2. The molecule has 0 fully saturated rings. The van der Waals surface area contributed by atoms with Crippen molar-refractivity contribution < 1.29 is 4.79 Å². The van der Waals surface area contributed by atoms with Gasteiger partial charge in [-0.25, -0.2) is 0 Å². The number of aldehydes is 1. The number of hydrogen-bond acceptors (Lipinski definition) is 4. The molecule has 1 aromatic rings. The molecule has 0 aromatic carbocycles. The molecule has 0 bridgehead atoms. The molecule has 1 aliphatic heterocycles. The van der Waals surface area contributed by atoms with Gasteiger partial charge in [0.15, 0.2) is 0 Å². The number of rotatable bonds is 5. The van der Waals surface area contributed by atoms with Crippen LogP contribution in [0.25, 0.3) is 0 Å². The van der Waals surface area contributed by atoms with Crippen molar-refractivity contribution in [2.75, 3.05) is 13.6 Å². The third-order valence-electron chi connectivity index (χ3n) is 4.09. The van der Waals surface area contributed by atoms with Crippen molar-refractivity contribution in [3.63, 3.8) is 0 Å². The van der Waals surface area contributed by atoms with Crippen molar-refractivity contribution in [3.8, 4) is 0 Å². The van der Waals surface area contributed by atoms with Gasteiger partial charge in [0, 0.05) is 36.6 Å². The van der Waals surface area contributed by atoms with Gasteiger partial charge in [-0.2, -0.15) is 0 Å². The Kier molecular flexibility index (Phi) is 4.91.